The molecule has 0 bridgehead atoms. The molecule has 4 nitrogen and oxygen atoms in total. The molecule has 6 heteroatoms. The van der Waals surface area contributed by atoms with Crippen molar-refractivity contribution in [2.75, 3.05) is 0 Å². The number of pyridine rings is 1. The number of halogens is 2. The summed E-state index contributed by atoms with van der Waals surface area (Å²) < 4.78 is 15.6. The summed E-state index contributed by atoms with van der Waals surface area (Å²) in [5.41, 5.74) is 0.666. The van der Waals surface area contributed by atoms with Gasteiger partial charge >= 0.3 is 0 Å². The monoisotopic (exact) mass is 370 g/mol. The second-order valence-electron chi connectivity index (χ2n) is 6.44. The lowest BCUT2D eigenvalue weighted by Gasteiger charge is -2.10. The number of benzene rings is 2. The van der Waals surface area contributed by atoms with Gasteiger partial charge in [-0.2, -0.15) is 0 Å². The maximum Gasteiger partial charge on any atom is 0.258 e. The molecule has 0 spiro atoms. The highest BCUT2D eigenvalue weighted by molar-refractivity contribution is 6.30. The number of carbonyl (C=O) groups excluding carboxylic acids is 1. The van der Waals surface area contributed by atoms with Crippen molar-refractivity contribution >= 4 is 28.3 Å². The highest BCUT2D eigenvalue weighted by Crippen LogP contribution is 2.33. The number of rotatable bonds is 4. The number of hydrogen-bond donors (Lipinski definition) is 1. The van der Waals surface area contributed by atoms with Crippen molar-refractivity contribution in [3.63, 3.8) is 0 Å². The minimum Gasteiger partial charge on any atom is -0.348 e. The molecular weight excluding hydrogens is 355 g/mol. The van der Waals surface area contributed by atoms with Crippen LogP contribution in [0.25, 0.3) is 10.8 Å². The van der Waals surface area contributed by atoms with E-state index >= 15 is 0 Å². The average Bonchev–Trinajstić information content (AvgIpc) is 3.46. The zero-order chi connectivity index (χ0) is 18.3. The van der Waals surface area contributed by atoms with Gasteiger partial charge in [-0.1, -0.05) is 23.7 Å². The lowest BCUT2D eigenvalue weighted by Crippen LogP contribution is -2.25. The third kappa shape index (κ3) is 3.10. The van der Waals surface area contributed by atoms with Gasteiger partial charge in [-0.25, -0.2) is 4.39 Å². The topological polar surface area (TPSA) is 51.1 Å². The molecule has 2 aromatic carbocycles. The van der Waals surface area contributed by atoms with Gasteiger partial charge < -0.3 is 9.88 Å². The van der Waals surface area contributed by atoms with Crippen molar-refractivity contribution in [1.82, 2.24) is 9.88 Å². The third-order valence-electron chi connectivity index (χ3n) is 4.61. The molecular formula is C20H16ClFN2O2. The van der Waals surface area contributed by atoms with E-state index in [9.17, 15) is 14.0 Å². The van der Waals surface area contributed by atoms with Crippen molar-refractivity contribution in [3.8, 4) is 0 Å². The summed E-state index contributed by atoms with van der Waals surface area (Å²) in [4.78, 5) is 25.2. The van der Waals surface area contributed by atoms with Gasteiger partial charge in [0.2, 0.25) is 0 Å². The van der Waals surface area contributed by atoms with E-state index in [1.807, 2.05) is 0 Å². The van der Waals surface area contributed by atoms with Gasteiger partial charge in [0, 0.05) is 45.7 Å². The fourth-order valence-corrected chi connectivity index (χ4v) is 3.23. The van der Waals surface area contributed by atoms with Crippen LogP contribution >= 0.6 is 11.6 Å². The smallest absolute Gasteiger partial charge is 0.258 e. The van der Waals surface area contributed by atoms with Crippen molar-refractivity contribution in [2.24, 2.45) is 0 Å². The first kappa shape index (κ1) is 16.8. The van der Waals surface area contributed by atoms with Crippen LogP contribution in [0.5, 0.6) is 0 Å². The van der Waals surface area contributed by atoms with E-state index in [4.69, 9.17) is 11.6 Å². The number of aromatic nitrogens is 1. The Morgan fingerprint density at radius 1 is 1.19 bits per heavy atom. The molecule has 0 unspecified atom stereocenters. The van der Waals surface area contributed by atoms with Crippen LogP contribution < -0.4 is 10.9 Å². The molecule has 1 N–H and O–H groups in total. The summed E-state index contributed by atoms with van der Waals surface area (Å²) >= 11 is 5.74. The van der Waals surface area contributed by atoms with Crippen molar-refractivity contribution in [1.29, 1.82) is 0 Å². The summed E-state index contributed by atoms with van der Waals surface area (Å²) in [6.45, 7) is 0.0391. The first-order valence-electron chi connectivity index (χ1n) is 8.40. The van der Waals surface area contributed by atoms with Crippen LogP contribution in [0.3, 0.4) is 0 Å². The van der Waals surface area contributed by atoms with Gasteiger partial charge in [0.05, 0.1) is 0 Å². The lowest BCUT2D eigenvalue weighted by atomic mass is 10.1. The standard InChI is InChI=1S/C20H16ClFN2O2/c21-13-5-4-12(18(22)10-13)11-23-19(25)16-2-1-3-17-15(16)8-9-24(20(17)26)14-6-7-14/h1-5,8-10,14H,6-7,11H2,(H,23,25). The van der Waals surface area contributed by atoms with E-state index in [-0.39, 0.29) is 24.1 Å². The Kier molecular flexibility index (Phi) is 4.24. The van der Waals surface area contributed by atoms with Crippen molar-refractivity contribution in [2.45, 2.75) is 25.4 Å². The molecule has 3 aromatic rings. The number of nitrogens with one attached hydrogen (secondary N) is 1. The summed E-state index contributed by atoms with van der Waals surface area (Å²) in [6, 6.07) is 11.5. The molecule has 1 saturated carbocycles. The molecule has 0 atom stereocenters. The van der Waals surface area contributed by atoms with Gasteiger partial charge in [0.1, 0.15) is 5.82 Å². The normalized spacial score (nSPS) is 13.8. The van der Waals surface area contributed by atoms with Crippen LogP contribution in [-0.4, -0.2) is 10.5 Å². The zero-order valence-electron chi connectivity index (χ0n) is 13.8. The van der Waals surface area contributed by atoms with Gasteiger partial charge in [0.15, 0.2) is 0 Å². The number of nitrogens with zero attached hydrogens (tertiary/aromatic N) is 1. The molecule has 4 rings (SSSR count). The Morgan fingerprint density at radius 2 is 2.00 bits per heavy atom. The molecule has 1 heterocycles. The average molecular weight is 371 g/mol. The van der Waals surface area contributed by atoms with Gasteiger partial charge in [-0.05, 0) is 43.2 Å². The number of hydrogen-bond acceptors (Lipinski definition) is 2. The van der Waals surface area contributed by atoms with Gasteiger partial charge in [0.25, 0.3) is 11.5 Å². The Morgan fingerprint density at radius 3 is 2.73 bits per heavy atom. The first-order chi connectivity index (χ1) is 12.5. The van der Waals surface area contributed by atoms with Crippen LogP contribution in [0, 0.1) is 5.82 Å². The van der Waals surface area contributed by atoms with Crippen LogP contribution in [0.1, 0.15) is 34.8 Å². The van der Waals surface area contributed by atoms with Crippen LogP contribution in [0.15, 0.2) is 53.5 Å². The third-order valence-corrected chi connectivity index (χ3v) is 4.85. The molecule has 1 aliphatic carbocycles. The molecule has 0 radical (unpaired) electrons. The summed E-state index contributed by atoms with van der Waals surface area (Å²) in [5, 5.41) is 4.13. The van der Waals surface area contributed by atoms with Gasteiger partial charge in [-0.15, -0.1) is 0 Å². The maximum absolute atomic E-state index is 13.9. The second kappa shape index (κ2) is 6.57. The Bertz CT molecular complexity index is 1070. The van der Waals surface area contributed by atoms with Crippen LogP contribution in [-0.2, 0) is 6.54 Å². The van der Waals surface area contributed by atoms with Crippen molar-refractivity contribution in [3.05, 3.63) is 81.0 Å². The predicted molar refractivity (Wildman–Crippen MR) is 99.1 cm³/mol. The van der Waals surface area contributed by atoms with E-state index in [0.29, 0.717) is 26.9 Å². The predicted octanol–water partition coefficient (Wildman–Crippen LogP) is 4.06. The molecule has 1 aromatic heterocycles. The van der Waals surface area contributed by atoms with E-state index in [1.165, 1.54) is 12.1 Å². The van der Waals surface area contributed by atoms with E-state index in [0.717, 1.165) is 12.8 Å². The minimum absolute atomic E-state index is 0.0391. The lowest BCUT2D eigenvalue weighted by molar-refractivity contribution is 0.0952. The van der Waals surface area contributed by atoms with Crippen molar-refractivity contribution < 1.29 is 9.18 Å². The molecule has 1 fully saturated rings. The quantitative estimate of drug-likeness (QED) is 0.753. The van der Waals surface area contributed by atoms with E-state index in [1.54, 1.807) is 41.1 Å². The number of amides is 1. The Labute approximate surface area is 154 Å². The van der Waals surface area contributed by atoms with Crippen LogP contribution in [0.4, 0.5) is 4.39 Å². The van der Waals surface area contributed by atoms with Crippen LogP contribution in [0.2, 0.25) is 5.02 Å². The molecule has 1 amide bonds. The Hall–Kier alpha value is -2.66. The van der Waals surface area contributed by atoms with E-state index in [2.05, 4.69) is 5.32 Å². The highest BCUT2D eigenvalue weighted by atomic mass is 35.5. The molecule has 0 aliphatic heterocycles. The summed E-state index contributed by atoms with van der Waals surface area (Å²) in [5.74, 6) is -0.823. The second-order valence-corrected chi connectivity index (χ2v) is 6.88. The molecule has 26 heavy (non-hydrogen) atoms. The largest absolute Gasteiger partial charge is 0.348 e. The minimum atomic E-state index is -0.469. The SMILES string of the molecule is O=C(NCc1ccc(Cl)cc1F)c1cccc2c(=O)n(C3CC3)ccc12. The number of carbonyl (C=O) groups is 1. The molecule has 1 aliphatic rings. The Balaban J connectivity index is 1.62. The number of fused-ring (bicyclic) bond motifs is 1. The summed E-state index contributed by atoms with van der Waals surface area (Å²) in [7, 11) is 0. The highest BCUT2D eigenvalue weighted by Gasteiger charge is 2.25. The fraction of sp³-hybridized carbons (Fsp3) is 0.200. The fourth-order valence-electron chi connectivity index (χ4n) is 3.07. The molecule has 0 saturated heterocycles. The first-order valence-corrected chi connectivity index (χ1v) is 8.78. The zero-order valence-corrected chi connectivity index (χ0v) is 14.6. The van der Waals surface area contributed by atoms with Gasteiger partial charge in [-0.3, -0.25) is 9.59 Å². The molecule has 132 valence electrons. The van der Waals surface area contributed by atoms with E-state index < -0.39 is 5.82 Å². The maximum atomic E-state index is 13.9. The summed E-state index contributed by atoms with van der Waals surface area (Å²) in [6.07, 6.45) is 3.77.